The standard InChI is InChI=1S/C22H26FN3O4/c1-3-5-12-24-21(27)22(28)26-25-14-16-10-11-19(20(13-16)29-4-2)30-15-17-8-6-7-9-18(17)23/h6-11,13-14H,3-5,12,15H2,1-2H3,(H,24,27)(H,26,28)/b25-14-. The number of ether oxygens (including phenoxy) is 2. The van der Waals surface area contributed by atoms with Gasteiger partial charge in [-0.25, -0.2) is 9.82 Å². The molecule has 0 spiro atoms. The maximum atomic E-state index is 13.8. The van der Waals surface area contributed by atoms with Crippen LogP contribution in [0.3, 0.4) is 0 Å². The summed E-state index contributed by atoms with van der Waals surface area (Å²) in [6.07, 6.45) is 3.11. The molecule has 0 bridgehead atoms. The van der Waals surface area contributed by atoms with Crippen molar-refractivity contribution in [3.63, 3.8) is 0 Å². The Labute approximate surface area is 175 Å². The molecule has 0 aliphatic heterocycles. The number of rotatable bonds is 10. The van der Waals surface area contributed by atoms with Gasteiger partial charge in [0.05, 0.1) is 12.8 Å². The Balaban J connectivity index is 1.98. The monoisotopic (exact) mass is 415 g/mol. The minimum atomic E-state index is -0.836. The van der Waals surface area contributed by atoms with Crippen LogP contribution in [0.25, 0.3) is 0 Å². The molecule has 160 valence electrons. The lowest BCUT2D eigenvalue weighted by Gasteiger charge is -2.13. The number of hydrazone groups is 1. The van der Waals surface area contributed by atoms with Crippen LogP contribution >= 0.6 is 0 Å². The number of benzene rings is 2. The zero-order chi connectivity index (χ0) is 21.8. The van der Waals surface area contributed by atoms with Crippen molar-refractivity contribution >= 4 is 18.0 Å². The highest BCUT2D eigenvalue weighted by atomic mass is 19.1. The molecule has 0 heterocycles. The van der Waals surface area contributed by atoms with E-state index < -0.39 is 11.8 Å². The molecule has 2 amide bonds. The lowest BCUT2D eigenvalue weighted by Crippen LogP contribution is -2.38. The Bertz CT molecular complexity index is 886. The zero-order valence-corrected chi connectivity index (χ0v) is 17.1. The van der Waals surface area contributed by atoms with Gasteiger partial charge in [-0.05, 0) is 43.2 Å². The first kappa shape index (κ1) is 22.9. The van der Waals surface area contributed by atoms with E-state index in [2.05, 4.69) is 15.8 Å². The molecule has 0 unspecified atom stereocenters. The van der Waals surface area contributed by atoms with E-state index in [1.165, 1.54) is 12.3 Å². The van der Waals surface area contributed by atoms with Crippen LogP contribution in [0.1, 0.15) is 37.8 Å². The van der Waals surface area contributed by atoms with Gasteiger partial charge in [0.2, 0.25) is 0 Å². The summed E-state index contributed by atoms with van der Waals surface area (Å²) in [5.41, 5.74) is 3.25. The fraction of sp³-hybridized carbons (Fsp3) is 0.318. The van der Waals surface area contributed by atoms with Crippen LogP contribution in [0.4, 0.5) is 4.39 Å². The number of nitrogens with zero attached hydrogens (tertiary/aromatic N) is 1. The molecule has 0 fully saturated rings. The Morgan fingerprint density at radius 3 is 2.60 bits per heavy atom. The topological polar surface area (TPSA) is 89.0 Å². The third-order valence-electron chi connectivity index (χ3n) is 4.01. The largest absolute Gasteiger partial charge is 0.490 e. The fourth-order valence-corrected chi connectivity index (χ4v) is 2.44. The Morgan fingerprint density at radius 2 is 1.87 bits per heavy atom. The second-order valence-corrected chi connectivity index (χ2v) is 6.33. The average molecular weight is 415 g/mol. The SMILES string of the molecule is CCCCNC(=O)C(=O)N/N=C\c1ccc(OCc2ccccc2F)c(OCC)c1. The first-order chi connectivity index (χ1) is 14.5. The molecular weight excluding hydrogens is 389 g/mol. The number of halogens is 1. The summed E-state index contributed by atoms with van der Waals surface area (Å²) in [6.45, 7) is 4.73. The van der Waals surface area contributed by atoms with E-state index in [9.17, 15) is 14.0 Å². The van der Waals surface area contributed by atoms with Crippen molar-refractivity contribution in [2.45, 2.75) is 33.3 Å². The number of nitrogens with one attached hydrogen (secondary N) is 2. The lowest BCUT2D eigenvalue weighted by molar-refractivity contribution is -0.139. The van der Waals surface area contributed by atoms with Crippen molar-refractivity contribution in [1.82, 2.24) is 10.7 Å². The Morgan fingerprint density at radius 1 is 1.07 bits per heavy atom. The molecule has 2 N–H and O–H groups in total. The first-order valence-corrected chi connectivity index (χ1v) is 9.79. The number of hydrogen-bond donors (Lipinski definition) is 2. The second kappa shape index (κ2) is 12.2. The van der Waals surface area contributed by atoms with E-state index in [-0.39, 0.29) is 12.4 Å². The number of carbonyl (C=O) groups is 2. The van der Waals surface area contributed by atoms with Gasteiger partial charge < -0.3 is 14.8 Å². The number of hydrogen-bond acceptors (Lipinski definition) is 5. The van der Waals surface area contributed by atoms with Gasteiger partial charge in [-0.2, -0.15) is 5.10 Å². The number of carbonyl (C=O) groups excluding carboxylic acids is 2. The molecule has 2 aromatic carbocycles. The van der Waals surface area contributed by atoms with E-state index in [1.54, 1.807) is 36.4 Å². The molecule has 2 aromatic rings. The minimum absolute atomic E-state index is 0.0589. The maximum Gasteiger partial charge on any atom is 0.329 e. The van der Waals surface area contributed by atoms with Crippen LogP contribution in [0.2, 0.25) is 0 Å². The van der Waals surface area contributed by atoms with Crippen LogP contribution in [0.15, 0.2) is 47.6 Å². The minimum Gasteiger partial charge on any atom is -0.490 e. The van der Waals surface area contributed by atoms with E-state index in [0.29, 0.717) is 35.8 Å². The fourth-order valence-electron chi connectivity index (χ4n) is 2.44. The summed E-state index contributed by atoms with van der Waals surface area (Å²) in [6, 6.07) is 11.4. The van der Waals surface area contributed by atoms with Crippen LogP contribution < -0.4 is 20.2 Å². The van der Waals surface area contributed by atoms with Gasteiger partial charge in [-0.15, -0.1) is 0 Å². The van der Waals surface area contributed by atoms with Crippen molar-refractivity contribution in [1.29, 1.82) is 0 Å². The van der Waals surface area contributed by atoms with Gasteiger partial charge in [-0.3, -0.25) is 9.59 Å². The van der Waals surface area contributed by atoms with Gasteiger partial charge in [0.15, 0.2) is 11.5 Å². The smallest absolute Gasteiger partial charge is 0.329 e. The second-order valence-electron chi connectivity index (χ2n) is 6.33. The summed E-state index contributed by atoms with van der Waals surface area (Å²) in [4.78, 5) is 23.3. The quantitative estimate of drug-likeness (QED) is 0.270. The highest BCUT2D eigenvalue weighted by Crippen LogP contribution is 2.29. The molecule has 0 saturated carbocycles. The van der Waals surface area contributed by atoms with Crippen LogP contribution in [-0.2, 0) is 16.2 Å². The molecule has 0 radical (unpaired) electrons. The summed E-state index contributed by atoms with van der Waals surface area (Å²) in [7, 11) is 0. The predicted molar refractivity (Wildman–Crippen MR) is 112 cm³/mol. The number of unbranched alkanes of at least 4 members (excludes halogenated alkanes) is 1. The molecule has 0 aliphatic carbocycles. The van der Waals surface area contributed by atoms with Gasteiger partial charge in [-0.1, -0.05) is 31.5 Å². The molecule has 8 heteroatoms. The van der Waals surface area contributed by atoms with Gasteiger partial charge in [0.1, 0.15) is 12.4 Å². The highest BCUT2D eigenvalue weighted by molar-refractivity contribution is 6.35. The summed E-state index contributed by atoms with van der Waals surface area (Å²) >= 11 is 0. The molecule has 2 rings (SSSR count). The summed E-state index contributed by atoms with van der Waals surface area (Å²) in [5.74, 6) is -0.989. The molecule has 0 atom stereocenters. The van der Waals surface area contributed by atoms with E-state index >= 15 is 0 Å². The zero-order valence-electron chi connectivity index (χ0n) is 17.1. The molecule has 0 aliphatic rings. The van der Waals surface area contributed by atoms with Gasteiger partial charge in [0, 0.05) is 12.1 Å². The lowest BCUT2D eigenvalue weighted by atomic mass is 10.2. The molecule has 7 nitrogen and oxygen atoms in total. The molecule has 0 aromatic heterocycles. The first-order valence-electron chi connectivity index (χ1n) is 9.79. The Hall–Kier alpha value is -3.42. The Kier molecular flexibility index (Phi) is 9.30. The highest BCUT2D eigenvalue weighted by Gasteiger charge is 2.11. The average Bonchev–Trinajstić information content (AvgIpc) is 2.74. The van der Waals surface area contributed by atoms with Gasteiger partial charge >= 0.3 is 11.8 Å². The van der Waals surface area contributed by atoms with E-state index in [4.69, 9.17) is 9.47 Å². The van der Waals surface area contributed by atoms with E-state index in [1.807, 2.05) is 13.8 Å². The van der Waals surface area contributed by atoms with Crippen LogP contribution in [0, 0.1) is 5.82 Å². The number of amides is 2. The summed E-state index contributed by atoms with van der Waals surface area (Å²) in [5, 5.41) is 6.30. The predicted octanol–water partition coefficient (Wildman–Crippen LogP) is 3.17. The van der Waals surface area contributed by atoms with Crippen molar-refractivity contribution < 1.29 is 23.5 Å². The van der Waals surface area contributed by atoms with Crippen molar-refractivity contribution in [2.24, 2.45) is 5.10 Å². The third-order valence-corrected chi connectivity index (χ3v) is 4.01. The van der Waals surface area contributed by atoms with Crippen molar-refractivity contribution in [2.75, 3.05) is 13.2 Å². The van der Waals surface area contributed by atoms with Crippen LogP contribution in [-0.4, -0.2) is 31.2 Å². The molecular formula is C22H26FN3O4. The maximum absolute atomic E-state index is 13.8. The summed E-state index contributed by atoms with van der Waals surface area (Å²) < 4.78 is 25.0. The van der Waals surface area contributed by atoms with Crippen LogP contribution in [0.5, 0.6) is 11.5 Å². The molecule has 0 saturated heterocycles. The van der Waals surface area contributed by atoms with Crippen molar-refractivity contribution in [3.8, 4) is 11.5 Å². The third kappa shape index (κ3) is 7.20. The molecule has 30 heavy (non-hydrogen) atoms. The van der Waals surface area contributed by atoms with E-state index in [0.717, 1.165) is 12.8 Å². The van der Waals surface area contributed by atoms with Gasteiger partial charge in [0.25, 0.3) is 0 Å². The van der Waals surface area contributed by atoms with Crippen molar-refractivity contribution in [3.05, 3.63) is 59.4 Å². The normalized spacial score (nSPS) is 10.6.